The second-order valence-corrected chi connectivity index (χ2v) is 9.71. The summed E-state index contributed by atoms with van der Waals surface area (Å²) in [6, 6.07) is 3.88. The second-order valence-electron chi connectivity index (χ2n) is 8.95. The molecule has 0 fully saturated rings. The van der Waals surface area contributed by atoms with Crippen molar-refractivity contribution in [1.29, 1.82) is 0 Å². The lowest BCUT2D eigenvalue weighted by Crippen LogP contribution is -2.32. The van der Waals surface area contributed by atoms with Crippen molar-refractivity contribution in [1.82, 2.24) is 0 Å². The highest BCUT2D eigenvalue weighted by molar-refractivity contribution is 6.35. The summed E-state index contributed by atoms with van der Waals surface area (Å²) in [6.07, 6.45) is 7.77. The first-order chi connectivity index (χ1) is 17.7. The fraction of sp³-hybridized carbons (Fsp3) is 0.310. The van der Waals surface area contributed by atoms with Crippen LogP contribution in [-0.4, -0.2) is 23.6 Å². The predicted molar refractivity (Wildman–Crippen MR) is 146 cm³/mol. The minimum atomic E-state index is -0.377. The normalized spacial score (nSPS) is 15.2. The maximum Gasteiger partial charge on any atom is 0.258 e. The van der Waals surface area contributed by atoms with E-state index in [1.54, 1.807) is 0 Å². The van der Waals surface area contributed by atoms with Crippen molar-refractivity contribution in [3.05, 3.63) is 79.9 Å². The molecule has 2 heterocycles. The molecule has 2 aromatic rings. The highest BCUT2D eigenvalue weighted by atomic mass is 35.5. The van der Waals surface area contributed by atoms with Crippen LogP contribution >= 0.6 is 23.2 Å². The van der Waals surface area contributed by atoms with Crippen LogP contribution in [0.1, 0.15) is 61.1 Å². The Morgan fingerprint density at radius 1 is 0.541 bits per heavy atom. The summed E-state index contributed by atoms with van der Waals surface area (Å²) in [4.78, 5) is 52.3. The molecule has 0 aliphatic carbocycles. The first-order valence-electron chi connectivity index (χ1n) is 12.5. The highest BCUT2D eigenvalue weighted by Crippen LogP contribution is 2.41. The first-order valence-corrected chi connectivity index (χ1v) is 13.2. The smallest absolute Gasteiger partial charge is 0.258 e. The van der Waals surface area contributed by atoms with Crippen molar-refractivity contribution in [2.24, 2.45) is 0 Å². The van der Waals surface area contributed by atoms with Gasteiger partial charge in [-0.3, -0.25) is 19.2 Å². The summed E-state index contributed by atoms with van der Waals surface area (Å²) in [7, 11) is 0. The standard InChI is InChI=1S/C29H28Cl2N2O4/c1-5-16-13-18(26(30)20(7-3)28(16)32-22(34)9-10-23(32)35)15-19-14-17(6-2)29(21(8-4)27(19)31)33-24(36)11-12-25(33)37/h9-14H,5-8,15H2,1-4H3. The lowest BCUT2D eigenvalue weighted by atomic mass is 9.91. The molecule has 192 valence electrons. The van der Waals surface area contributed by atoms with Crippen LogP contribution in [-0.2, 0) is 51.3 Å². The summed E-state index contributed by atoms with van der Waals surface area (Å²) >= 11 is 13.8. The molecule has 4 rings (SSSR count). The summed E-state index contributed by atoms with van der Waals surface area (Å²) in [5.41, 5.74) is 5.95. The number of imide groups is 2. The van der Waals surface area contributed by atoms with Crippen molar-refractivity contribution in [2.45, 2.75) is 59.8 Å². The topological polar surface area (TPSA) is 74.8 Å². The van der Waals surface area contributed by atoms with E-state index in [2.05, 4.69) is 0 Å². The van der Waals surface area contributed by atoms with Crippen molar-refractivity contribution < 1.29 is 19.2 Å². The third kappa shape index (κ3) is 4.53. The Balaban J connectivity index is 1.85. The van der Waals surface area contributed by atoms with Crippen LogP contribution in [0.2, 0.25) is 10.0 Å². The predicted octanol–water partition coefficient (Wildman–Crippen LogP) is 5.69. The molecule has 0 spiro atoms. The maximum atomic E-state index is 12.5. The molecule has 0 N–H and O–H groups in total. The van der Waals surface area contributed by atoms with Crippen LogP contribution in [0.5, 0.6) is 0 Å². The molecule has 0 saturated carbocycles. The van der Waals surface area contributed by atoms with Gasteiger partial charge in [-0.1, -0.05) is 63.0 Å². The SMILES string of the molecule is CCc1cc(Cc2cc(CC)c(N3C(=O)C=CC3=O)c(CC)c2Cl)c(Cl)c(CC)c1N1C(=O)C=CC1=O. The highest BCUT2D eigenvalue weighted by Gasteiger charge is 2.32. The lowest BCUT2D eigenvalue weighted by molar-refractivity contribution is -0.121. The Morgan fingerprint density at radius 3 is 1.14 bits per heavy atom. The van der Waals surface area contributed by atoms with E-state index in [1.807, 2.05) is 39.8 Å². The quantitative estimate of drug-likeness (QED) is 0.404. The van der Waals surface area contributed by atoms with Crippen LogP contribution in [0.15, 0.2) is 36.4 Å². The molecule has 37 heavy (non-hydrogen) atoms. The lowest BCUT2D eigenvalue weighted by Gasteiger charge is -2.26. The van der Waals surface area contributed by atoms with E-state index in [0.717, 1.165) is 33.4 Å². The van der Waals surface area contributed by atoms with E-state index in [0.29, 0.717) is 53.5 Å². The summed E-state index contributed by atoms with van der Waals surface area (Å²) in [5, 5.41) is 0.986. The zero-order chi connectivity index (χ0) is 27.0. The van der Waals surface area contributed by atoms with Gasteiger partial charge in [-0.2, -0.15) is 0 Å². The van der Waals surface area contributed by atoms with Gasteiger partial charge in [0.25, 0.3) is 23.6 Å². The van der Waals surface area contributed by atoms with Gasteiger partial charge in [0.1, 0.15) is 0 Å². The van der Waals surface area contributed by atoms with Gasteiger partial charge in [0.05, 0.1) is 11.4 Å². The van der Waals surface area contributed by atoms with E-state index < -0.39 is 0 Å². The van der Waals surface area contributed by atoms with Gasteiger partial charge >= 0.3 is 0 Å². The number of rotatable bonds is 8. The number of nitrogens with zero attached hydrogens (tertiary/aromatic N) is 2. The molecule has 2 aliphatic rings. The largest absolute Gasteiger partial charge is 0.269 e. The molecule has 0 atom stereocenters. The molecule has 0 saturated heterocycles. The van der Waals surface area contributed by atoms with E-state index in [4.69, 9.17) is 23.2 Å². The summed E-state index contributed by atoms with van der Waals surface area (Å²) < 4.78 is 0. The fourth-order valence-corrected chi connectivity index (χ4v) is 5.80. The number of carbonyl (C=O) groups is 4. The molecule has 2 aliphatic heterocycles. The Labute approximate surface area is 226 Å². The zero-order valence-electron chi connectivity index (χ0n) is 21.3. The number of benzene rings is 2. The number of hydrogen-bond donors (Lipinski definition) is 0. The Morgan fingerprint density at radius 2 is 0.865 bits per heavy atom. The van der Waals surface area contributed by atoms with E-state index >= 15 is 0 Å². The first kappa shape index (κ1) is 26.8. The third-order valence-electron chi connectivity index (χ3n) is 6.89. The van der Waals surface area contributed by atoms with Crippen molar-refractivity contribution >= 4 is 58.2 Å². The molecule has 0 bridgehead atoms. The van der Waals surface area contributed by atoms with Crippen LogP contribution in [0, 0.1) is 0 Å². The van der Waals surface area contributed by atoms with Gasteiger partial charge in [-0.05, 0) is 59.1 Å². The Kier molecular flexibility index (Phi) is 7.72. The zero-order valence-corrected chi connectivity index (χ0v) is 22.8. The molecular weight excluding hydrogens is 511 g/mol. The van der Waals surface area contributed by atoms with Gasteiger partial charge in [-0.25, -0.2) is 9.80 Å². The number of aryl methyl sites for hydroxylation is 2. The molecule has 6 nitrogen and oxygen atoms in total. The van der Waals surface area contributed by atoms with E-state index in [1.165, 1.54) is 34.1 Å². The summed E-state index contributed by atoms with van der Waals surface area (Å²) in [6.45, 7) is 7.82. The van der Waals surface area contributed by atoms with Crippen LogP contribution < -0.4 is 9.80 Å². The number of carbonyl (C=O) groups excluding carboxylic acids is 4. The van der Waals surface area contributed by atoms with Gasteiger partial charge in [-0.15, -0.1) is 0 Å². The molecule has 0 unspecified atom stereocenters. The molecule has 0 aromatic heterocycles. The molecular formula is C29H28Cl2N2O4. The fourth-order valence-electron chi connectivity index (χ4n) is 5.11. The monoisotopic (exact) mass is 538 g/mol. The third-order valence-corrected chi connectivity index (χ3v) is 7.83. The van der Waals surface area contributed by atoms with E-state index in [-0.39, 0.29) is 23.6 Å². The van der Waals surface area contributed by atoms with Crippen molar-refractivity contribution in [3.8, 4) is 0 Å². The van der Waals surface area contributed by atoms with E-state index in [9.17, 15) is 19.2 Å². The maximum absolute atomic E-state index is 12.5. The summed E-state index contributed by atoms with van der Waals surface area (Å²) in [5.74, 6) is -1.51. The van der Waals surface area contributed by atoms with Gasteiger partial charge < -0.3 is 0 Å². The minimum Gasteiger partial charge on any atom is -0.269 e. The second kappa shape index (κ2) is 10.6. The van der Waals surface area contributed by atoms with Crippen LogP contribution in [0.4, 0.5) is 11.4 Å². The number of halogens is 2. The Bertz CT molecular complexity index is 1270. The Hall–Kier alpha value is -3.22. The van der Waals surface area contributed by atoms with Crippen molar-refractivity contribution in [3.63, 3.8) is 0 Å². The van der Waals surface area contributed by atoms with Crippen molar-refractivity contribution in [2.75, 3.05) is 9.80 Å². The average Bonchev–Trinajstić information content (AvgIpc) is 3.39. The number of hydrogen-bond acceptors (Lipinski definition) is 4. The van der Waals surface area contributed by atoms with Gasteiger partial charge in [0.2, 0.25) is 0 Å². The molecule has 8 heteroatoms. The molecule has 4 amide bonds. The number of anilines is 2. The number of amides is 4. The van der Waals surface area contributed by atoms with Crippen LogP contribution in [0.3, 0.4) is 0 Å². The van der Waals surface area contributed by atoms with Gasteiger partial charge in [0, 0.05) is 40.8 Å². The molecule has 2 aromatic carbocycles. The van der Waals surface area contributed by atoms with Gasteiger partial charge in [0.15, 0.2) is 0 Å². The minimum absolute atomic E-state index is 0.377. The molecule has 0 radical (unpaired) electrons. The van der Waals surface area contributed by atoms with Crippen LogP contribution in [0.25, 0.3) is 0 Å². The average molecular weight is 539 g/mol.